The van der Waals surface area contributed by atoms with Gasteiger partial charge in [-0.15, -0.1) is 10.2 Å². The fourth-order valence-electron chi connectivity index (χ4n) is 3.19. The van der Waals surface area contributed by atoms with Gasteiger partial charge in [-0.05, 0) is 13.0 Å². The van der Waals surface area contributed by atoms with Gasteiger partial charge in [0.05, 0.1) is 26.3 Å². The van der Waals surface area contributed by atoms with Crippen LogP contribution in [0.1, 0.15) is 17.2 Å². The molecule has 0 radical (unpaired) electrons. The van der Waals surface area contributed by atoms with E-state index in [1.54, 1.807) is 6.08 Å². The van der Waals surface area contributed by atoms with Gasteiger partial charge in [0, 0.05) is 38.8 Å². The monoisotopic (exact) mass is 427 g/mol. The number of ether oxygens (including phenoxy) is 2. The van der Waals surface area contributed by atoms with E-state index in [2.05, 4.69) is 32.3 Å². The van der Waals surface area contributed by atoms with Crippen LogP contribution in [0.5, 0.6) is 5.75 Å². The van der Waals surface area contributed by atoms with Crippen LogP contribution in [-0.4, -0.2) is 71.6 Å². The molecule has 0 unspecified atom stereocenters. The van der Waals surface area contributed by atoms with Gasteiger partial charge < -0.3 is 24.7 Å². The van der Waals surface area contributed by atoms with E-state index < -0.39 is 0 Å². The second kappa shape index (κ2) is 12.1. The minimum absolute atomic E-state index is 0.467. The molecule has 0 bridgehead atoms. The van der Waals surface area contributed by atoms with E-state index in [1.807, 2.05) is 42.8 Å². The van der Waals surface area contributed by atoms with Crippen LogP contribution in [0.4, 0.5) is 0 Å². The lowest BCUT2D eigenvalue weighted by molar-refractivity contribution is 0.0389. The predicted octanol–water partition coefficient (Wildman–Crippen LogP) is 1.26. The molecule has 0 aliphatic carbocycles. The van der Waals surface area contributed by atoms with Gasteiger partial charge in [0.15, 0.2) is 11.8 Å². The third-order valence-corrected chi connectivity index (χ3v) is 5.16. The Balaban J connectivity index is 1.63. The van der Waals surface area contributed by atoms with Crippen molar-refractivity contribution in [2.45, 2.75) is 20.0 Å². The highest BCUT2D eigenvalue weighted by Gasteiger charge is 2.11. The predicted molar refractivity (Wildman–Crippen MR) is 121 cm³/mol. The summed E-state index contributed by atoms with van der Waals surface area (Å²) in [5, 5.41) is 15.2. The first-order valence-corrected chi connectivity index (χ1v) is 10.7. The maximum absolute atomic E-state index is 5.76. The van der Waals surface area contributed by atoms with Crippen LogP contribution in [0, 0.1) is 6.92 Å². The van der Waals surface area contributed by atoms with Crippen LogP contribution >= 0.6 is 0 Å². The number of morpholine rings is 1. The molecule has 0 saturated carbocycles. The highest BCUT2D eigenvalue weighted by Crippen LogP contribution is 2.18. The van der Waals surface area contributed by atoms with Gasteiger partial charge in [-0.3, -0.25) is 4.90 Å². The van der Waals surface area contributed by atoms with Crippen molar-refractivity contribution in [2.24, 2.45) is 12.0 Å². The number of para-hydroxylation sites is 1. The van der Waals surface area contributed by atoms with E-state index in [0.717, 1.165) is 68.3 Å². The van der Waals surface area contributed by atoms with Gasteiger partial charge in [-0.25, -0.2) is 4.99 Å². The molecular formula is C22H33N7O2. The SMILES string of the molecule is C=CCOc1ccccc1CN=C(NCCN1CCOCC1)NCc1nnc(C)n1C. The molecule has 3 rings (SSSR count). The molecule has 0 atom stereocenters. The highest BCUT2D eigenvalue weighted by molar-refractivity contribution is 5.79. The van der Waals surface area contributed by atoms with Crippen LogP contribution in [0.2, 0.25) is 0 Å². The van der Waals surface area contributed by atoms with Crippen molar-refractivity contribution in [1.29, 1.82) is 0 Å². The summed E-state index contributed by atoms with van der Waals surface area (Å²) in [6, 6.07) is 7.93. The molecule has 1 aromatic carbocycles. The second-order valence-corrected chi connectivity index (χ2v) is 7.33. The Labute approximate surface area is 184 Å². The first-order valence-electron chi connectivity index (χ1n) is 10.7. The maximum Gasteiger partial charge on any atom is 0.192 e. The zero-order valence-electron chi connectivity index (χ0n) is 18.5. The summed E-state index contributed by atoms with van der Waals surface area (Å²) in [4.78, 5) is 7.17. The smallest absolute Gasteiger partial charge is 0.192 e. The van der Waals surface area contributed by atoms with Crippen LogP contribution in [0.25, 0.3) is 0 Å². The Hall–Kier alpha value is -2.91. The number of guanidine groups is 1. The van der Waals surface area contributed by atoms with Gasteiger partial charge in [0.1, 0.15) is 18.2 Å². The summed E-state index contributed by atoms with van der Waals surface area (Å²) in [5.41, 5.74) is 1.02. The average Bonchev–Trinajstić information content (AvgIpc) is 3.12. The van der Waals surface area contributed by atoms with Crippen molar-refractivity contribution in [3.05, 3.63) is 54.1 Å². The molecule has 2 heterocycles. The van der Waals surface area contributed by atoms with E-state index in [1.165, 1.54) is 0 Å². The van der Waals surface area contributed by atoms with E-state index in [-0.39, 0.29) is 0 Å². The number of benzene rings is 1. The third kappa shape index (κ3) is 7.08. The third-order valence-electron chi connectivity index (χ3n) is 5.16. The van der Waals surface area contributed by atoms with Crippen LogP contribution in [0.3, 0.4) is 0 Å². The molecule has 1 aliphatic heterocycles. The number of nitrogens with zero attached hydrogens (tertiary/aromatic N) is 5. The van der Waals surface area contributed by atoms with Crippen LogP contribution < -0.4 is 15.4 Å². The first kappa shape index (κ1) is 22.8. The molecule has 168 valence electrons. The van der Waals surface area contributed by atoms with Crippen molar-refractivity contribution in [3.63, 3.8) is 0 Å². The number of aliphatic imine (C=N–C) groups is 1. The molecule has 1 aliphatic rings. The lowest BCUT2D eigenvalue weighted by atomic mass is 10.2. The Bertz CT molecular complexity index is 859. The van der Waals surface area contributed by atoms with Gasteiger partial charge >= 0.3 is 0 Å². The summed E-state index contributed by atoms with van der Waals surface area (Å²) >= 11 is 0. The molecule has 1 aromatic heterocycles. The number of aryl methyl sites for hydroxylation is 1. The van der Waals surface area contributed by atoms with Crippen molar-refractivity contribution >= 4 is 5.96 Å². The molecule has 2 aromatic rings. The standard InChI is InChI=1S/C22H33N7O2/c1-4-13-31-20-8-6-5-7-19(20)16-24-22(23-9-10-29-11-14-30-15-12-29)25-17-21-27-26-18(2)28(21)3/h4-8H,1,9-17H2,2-3H3,(H2,23,24,25). The molecule has 1 saturated heterocycles. The Morgan fingerprint density at radius 2 is 2.06 bits per heavy atom. The Morgan fingerprint density at radius 1 is 1.26 bits per heavy atom. The Kier molecular flexibility index (Phi) is 8.86. The quantitative estimate of drug-likeness (QED) is 0.335. The largest absolute Gasteiger partial charge is 0.489 e. The maximum atomic E-state index is 5.76. The molecule has 31 heavy (non-hydrogen) atoms. The van der Waals surface area contributed by atoms with E-state index in [9.17, 15) is 0 Å². The van der Waals surface area contributed by atoms with Gasteiger partial charge in [-0.2, -0.15) is 0 Å². The average molecular weight is 428 g/mol. The van der Waals surface area contributed by atoms with Crippen molar-refractivity contribution in [2.75, 3.05) is 46.0 Å². The first-order chi connectivity index (χ1) is 15.2. The number of hydrogen-bond acceptors (Lipinski definition) is 6. The summed E-state index contributed by atoms with van der Waals surface area (Å²) in [6.07, 6.45) is 1.74. The summed E-state index contributed by atoms with van der Waals surface area (Å²) in [7, 11) is 1.96. The molecule has 2 N–H and O–H groups in total. The van der Waals surface area contributed by atoms with Gasteiger partial charge in [-0.1, -0.05) is 30.9 Å². The van der Waals surface area contributed by atoms with Crippen molar-refractivity contribution < 1.29 is 9.47 Å². The zero-order chi connectivity index (χ0) is 21.9. The minimum atomic E-state index is 0.467. The molecule has 1 fully saturated rings. The lowest BCUT2D eigenvalue weighted by Gasteiger charge is -2.26. The number of hydrogen-bond donors (Lipinski definition) is 2. The van der Waals surface area contributed by atoms with Crippen LogP contribution in [0.15, 0.2) is 41.9 Å². The van der Waals surface area contributed by atoms with E-state index in [0.29, 0.717) is 19.7 Å². The zero-order valence-corrected chi connectivity index (χ0v) is 18.5. The molecule has 0 spiro atoms. The number of nitrogens with one attached hydrogen (secondary N) is 2. The highest BCUT2D eigenvalue weighted by atomic mass is 16.5. The van der Waals surface area contributed by atoms with Crippen molar-refractivity contribution in [1.82, 2.24) is 30.3 Å². The fraction of sp³-hybridized carbons (Fsp3) is 0.500. The second-order valence-electron chi connectivity index (χ2n) is 7.33. The van der Waals surface area contributed by atoms with Gasteiger partial charge in [0.2, 0.25) is 0 Å². The Morgan fingerprint density at radius 3 is 2.81 bits per heavy atom. The molecule has 9 nitrogen and oxygen atoms in total. The van der Waals surface area contributed by atoms with Crippen molar-refractivity contribution in [3.8, 4) is 5.75 Å². The molecule has 9 heteroatoms. The summed E-state index contributed by atoms with van der Waals surface area (Å²) < 4.78 is 13.2. The molecular weight excluding hydrogens is 394 g/mol. The lowest BCUT2D eigenvalue weighted by Crippen LogP contribution is -2.44. The van der Waals surface area contributed by atoms with Crippen LogP contribution in [-0.2, 0) is 24.9 Å². The topological polar surface area (TPSA) is 88.8 Å². The van der Waals surface area contributed by atoms with E-state index >= 15 is 0 Å². The minimum Gasteiger partial charge on any atom is -0.489 e. The van der Waals surface area contributed by atoms with Gasteiger partial charge in [0.25, 0.3) is 0 Å². The van der Waals surface area contributed by atoms with E-state index in [4.69, 9.17) is 14.5 Å². The normalized spacial score (nSPS) is 15.0. The number of rotatable bonds is 10. The molecule has 0 amide bonds. The summed E-state index contributed by atoms with van der Waals surface area (Å²) in [6.45, 7) is 12.4. The summed E-state index contributed by atoms with van der Waals surface area (Å²) in [5.74, 6) is 3.29. The fourth-order valence-corrected chi connectivity index (χ4v) is 3.19. The number of aromatic nitrogens is 3.